The van der Waals surface area contributed by atoms with Crippen LogP contribution in [-0.2, 0) is 9.59 Å². The van der Waals surface area contributed by atoms with Gasteiger partial charge >= 0.3 is 5.91 Å². The van der Waals surface area contributed by atoms with E-state index in [1.165, 1.54) is 16.2 Å². The molecule has 1 aliphatic heterocycles. The molecule has 1 unspecified atom stereocenters. The number of carbonyl (C=O) groups is 2. The topological polar surface area (TPSA) is 79.7 Å². The van der Waals surface area contributed by atoms with Gasteiger partial charge in [-0.05, 0) is 72.3 Å². The molecule has 1 atom stereocenters. The molecule has 5 aromatic rings. The van der Waals surface area contributed by atoms with Gasteiger partial charge in [-0.1, -0.05) is 64.9 Å². The Hall–Kier alpha value is -4.17. The Balaban J connectivity index is 1.52. The van der Waals surface area contributed by atoms with Crippen LogP contribution in [-0.4, -0.2) is 21.8 Å². The molecule has 0 spiro atoms. The maximum atomic E-state index is 13.5. The van der Waals surface area contributed by atoms with E-state index in [2.05, 4.69) is 4.98 Å². The molecule has 4 aromatic carbocycles. The number of anilines is 1. The number of halogens is 2. The van der Waals surface area contributed by atoms with Gasteiger partial charge in [-0.15, -0.1) is 0 Å². The summed E-state index contributed by atoms with van der Waals surface area (Å²) in [5.41, 5.74) is 1.50. The highest BCUT2D eigenvalue weighted by Crippen LogP contribution is 2.45. The molecular formula is C30H18Cl2N2O4S. The predicted octanol–water partition coefficient (Wildman–Crippen LogP) is 8.02. The highest BCUT2D eigenvalue weighted by Gasteiger charge is 2.48. The molecule has 1 saturated heterocycles. The lowest BCUT2D eigenvalue weighted by atomic mass is 9.95. The summed E-state index contributed by atoms with van der Waals surface area (Å²) in [6, 6.07) is 27.0. The minimum atomic E-state index is -0.962. The standard InChI is InChI=1S/C30H18Cl2N2O4S/c31-19-11-9-17(10-12-19)27(35)25-26(18-5-4-8-22(15-18)38-21-6-2-1-3-7-21)34(29(37)28(25)36)30-33-23-14-13-20(32)16-24(23)39-30/h1-16,26,35H. The first kappa shape index (κ1) is 25.1. The fraction of sp³-hybridized carbons (Fsp3) is 0.0333. The van der Waals surface area contributed by atoms with Gasteiger partial charge in [-0.2, -0.15) is 0 Å². The first-order chi connectivity index (χ1) is 18.9. The maximum Gasteiger partial charge on any atom is 0.301 e. The minimum Gasteiger partial charge on any atom is -0.507 e. The second-order valence-electron chi connectivity index (χ2n) is 8.77. The van der Waals surface area contributed by atoms with Crippen molar-refractivity contribution in [1.29, 1.82) is 0 Å². The molecule has 0 saturated carbocycles. The number of benzene rings is 4. The van der Waals surface area contributed by atoms with E-state index in [4.69, 9.17) is 27.9 Å². The van der Waals surface area contributed by atoms with Crippen LogP contribution in [0.15, 0.2) is 103 Å². The number of aliphatic hydroxyl groups excluding tert-OH is 1. The Kier molecular flexibility index (Phi) is 6.56. The first-order valence-electron chi connectivity index (χ1n) is 11.8. The minimum absolute atomic E-state index is 0.0588. The van der Waals surface area contributed by atoms with E-state index in [0.29, 0.717) is 43.3 Å². The number of aromatic nitrogens is 1. The van der Waals surface area contributed by atoms with Crippen LogP contribution >= 0.6 is 34.5 Å². The molecule has 39 heavy (non-hydrogen) atoms. The smallest absolute Gasteiger partial charge is 0.301 e. The van der Waals surface area contributed by atoms with Crippen LogP contribution in [0.1, 0.15) is 17.2 Å². The number of Topliss-reactive ketones (excluding diaryl/α,β-unsaturated/α-hetero) is 1. The molecule has 0 radical (unpaired) electrons. The molecule has 6 nitrogen and oxygen atoms in total. The summed E-state index contributed by atoms with van der Waals surface area (Å²) < 4.78 is 6.78. The van der Waals surface area contributed by atoms with Crippen molar-refractivity contribution < 1.29 is 19.4 Å². The summed E-state index contributed by atoms with van der Waals surface area (Å²) in [5, 5.41) is 12.7. The van der Waals surface area contributed by atoms with Gasteiger partial charge in [0.2, 0.25) is 0 Å². The zero-order chi connectivity index (χ0) is 27.1. The van der Waals surface area contributed by atoms with Gasteiger partial charge in [-0.3, -0.25) is 14.5 Å². The lowest BCUT2D eigenvalue weighted by molar-refractivity contribution is -0.132. The number of nitrogens with zero attached hydrogens (tertiary/aromatic N) is 2. The van der Waals surface area contributed by atoms with Crippen LogP contribution in [0, 0.1) is 0 Å². The van der Waals surface area contributed by atoms with Gasteiger partial charge in [0.05, 0.1) is 21.8 Å². The number of para-hydroxylation sites is 1. The second-order valence-corrected chi connectivity index (χ2v) is 10.7. The van der Waals surface area contributed by atoms with Crippen molar-refractivity contribution >= 4 is 67.3 Å². The van der Waals surface area contributed by atoms with Gasteiger partial charge in [0.1, 0.15) is 17.3 Å². The molecule has 192 valence electrons. The summed E-state index contributed by atoms with van der Waals surface area (Å²) in [7, 11) is 0. The fourth-order valence-corrected chi connectivity index (χ4v) is 5.86. The van der Waals surface area contributed by atoms with Gasteiger partial charge in [-0.25, -0.2) is 4.98 Å². The van der Waals surface area contributed by atoms with E-state index < -0.39 is 17.7 Å². The van der Waals surface area contributed by atoms with Gasteiger partial charge in [0, 0.05) is 15.6 Å². The third-order valence-electron chi connectivity index (χ3n) is 6.26. The van der Waals surface area contributed by atoms with Crippen LogP contribution in [0.5, 0.6) is 11.5 Å². The van der Waals surface area contributed by atoms with Crippen LogP contribution in [0.4, 0.5) is 5.13 Å². The summed E-state index contributed by atoms with van der Waals surface area (Å²) >= 11 is 13.4. The largest absolute Gasteiger partial charge is 0.507 e. The Morgan fingerprint density at radius 1 is 0.846 bits per heavy atom. The van der Waals surface area contributed by atoms with Crippen molar-refractivity contribution in [2.45, 2.75) is 6.04 Å². The van der Waals surface area contributed by atoms with E-state index in [1.54, 1.807) is 66.7 Å². The third kappa shape index (κ3) is 4.76. The number of thiazole rings is 1. The molecule has 1 N–H and O–H groups in total. The monoisotopic (exact) mass is 572 g/mol. The average molecular weight is 573 g/mol. The number of fused-ring (bicyclic) bond motifs is 1. The molecule has 2 heterocycles. The Morgan fingerprint density at radius 3 is 2.33 bits per heavy atom. The zero-order valence-corrected chi connectivity index (χ0v) is 22.4. The van der Waals surface area contributed by atoms with Crippen molar-refractivity contribution in [3.05, 3.63) is 124 Å². The number of ketones is 1. The number of amides is 1. The highest BCUT2D eigenvalue weighted by atomic mass is 35.5. The lowest BCUT2D eigenvalue weighted by Crippen LogP contribution is -2.29. The molecule has 1 aromatic heterocycles. The summed E-state index contributed by atoms with van der Waals surface area (Å²) in [6.07, 6.45) is 0. The highest BCUT2D eigenvalue weighted by molar-refractivity contribution is 7.22. The summed E-state index contributed by atoms with van der Waals surface area (Å²) in [4.78, 5) is 33.0. The molecule has 1 aliphatic rings. The number of hydrogen-bond donors (Lipinski definition) is 1. The zero-order valence-electron chi connectivity index (χ0n) is 20.0. The molecule has 0 aliphatic carbocycles. The van der Waals surface area contributed by atoms with Crippen LogP contribution in [0.25, 0.3) is 16.0 Å². The number of aliphatic hydroxyl groups is 1. The van der Waals surface area contributed by atoms with Crippen molar-refractivity contribution in [1.82, 2.24) is 4.98 Å². The number of hydrogen-bond acceptors (Lipinski definition) is 6. The van der Waals surface area contributed by atoms with Crippen LogP contribution < -0.4 is 9.64 Å². The molecule has 1 amide bonds. The molecule has 1 fully saturated rings. The van der Waals surface area contributed by atoms with Gasteiger partial charge < -0.3 is 9.84 Å². The van der Waals surface area contributed by atoms with Crippen molar-refractivity contribution in [2.24, 2.45) is 0 Å². The lowest BCUT2D eigenvalue weighted by Gasteiger charge is -2.23. The molecular weight excluding hydrogens is 555 g/mol. The van der Waals surface area contributed by atoms with E-state index in [1.807, 2.05) is 30.3 Å². The molecule has 9 heteroatoms. The van der Waals surface area contributed by atoms with Crippen molar-refractivity contribution in [3.63, 3.8) is 0 Å². The molecule has 0 bridgehead atoms. The predicted molar refractivity (Wildman–Crippen MR) is 154 cm³/mol. The van der Waals surface area contributed by atoms with E-state index in [0.717, 1.165) is 4.70 Å². The summed E-state index contributed by atoms with van der Waals surface area (Å²) in [5.74, 6) is -0.787. The van der Waals surface area contributed by atoms with Gasteiger partial charge in [0.25, 0.3) is 5.78 Å². The number of carbonyl (C=O) groups excluding carboxylic acids is 2. The quantitative estimate of drug-likeness (QED) is 0.131. The maximum absolute atomic E-state index is 13.5. The SMILES string of the molecule is O=C1C(=O)N(c2nc3ccc(Cl)cc3s2)C(c2cccc(Oc3ccccc3)c2)C1=C(O)c1ccc(Cl)cc1. The number of ether oxygens (including phenoxy) is 1. The first-order valence-corrected chi connectivity index (χ1v) is 13.4. The fourth-order valence-electron chi connectivity index (χ4n) is 4.47. The van der Waals surface area contributed by atoms with E-state index in [-0.39, 0.29) is 11.3 Å². The van der Waals surface area contributed by atoms with E-state index >= 15 is 0 Å². The third-order valence-corrected chi connectivity index (χ3v) is 7.76. The van der Waals surface area contributed by atoms with Crippen molar-refractivity contribution in [3.8, 4) is 11.5 Å². The Morgan fingerprint density at radius 2 is 1.56 bits per heavy atom. The normalized spacial score (nSPS) is 16.7. The van der Waals surface area contributed by atoms with Crippen LogP contribution in [0.2, 0.25) is 10.0 Å². The average Bonchev–Trinajstić information content (AvgIpc) is 3.47. The van der Waals surface area contributed by atoms with Crippen molar-refractivity contribution in [2.75, 3.05) is 4.90 Å². The van der Waals surface area contributed by atoms with E-state index in [9.17, 15) is 14.7 Å². The number of rotatable bonds is 5. The Labute approximate surface area is 237 Å². The summed E-state index contributed by atoms with van der Waals surface area (Å²) in [6.45, 7) is 0. The second kappa shape index (κ2) is 10.2. The van der Waals surface area contributed by atoms with Crippen LogP contribution in [0.3, 0.4) is 0 Å². The van der Waals surface area contributed by atoms with Gasteiger partial charge in [0.15, 0.2) is 5.13 Å². The Bertz CT molecular complexity index is 1770. The molecule has 6 rings (SSSR count).